The number of phenols is 2. The molecule has 1 aliphatic heterocycles. The molecule has 3 aromatic rings. The molecule has 10 heteroatoms. The first-order chi connectivity index (χ1) is 16.2. The van der Waals surface area contributed by atoms with Gasteiger partial charge in [-0.2, -0.15) is 0 Å². The van der Waals surface area contributed by atoms with Crippen LogP contribution in [0.3, 0.4) is 0 Å². The van der Waals surface area contributed by atoms with Crippen molar-refractivity contribution in [1.82, 2.24) is 9.55 Å². The number of carboxylic acids is 1. The van der Waals surface area contributed by atoms with Crippen molar-refractivity contribution >= 4 is 30.0 Å². The van der Waals surface area contributed by atoms with Gasteiger partial charge in [0.2, 0.25) is 5.88 Å². The summed E-state index contributed by atoms with van der Waals surface area (Å²) in [4.78, 5) is 30.5. The number of aromatic carboxylic acids is 1. The van der Waals surface area contributed by atoms with Crippen molar-refractivity contribution in [2.45, 2.75) is 13.0 Å². The van der Waals surface area contributed by atoms with Gasteiger partial charge >= 0.3 is 5.97 Å². The maximum absolute atomic E-state index is 12.5. The number of aliphatic imine (C=N–C) groups is 1. The molecular formula is C24H19N3O6S. The normalized spacial score (nSPS) is 13.9. The number of hydrogen-bond acceptors (Lipinski definition) is 7. The molecule has 0 saturated heterocycles. The molecule has 0 amide bonds. The molecule has 34 heavy (non-hydrogen) atoms. The monoisotopic (exact) mass is 477 g/mol. The Morgan fingerprint density at radius 1 is 1.09 bits per heavy atom. The number of aromatic nitrogens is 2. The van der Waals surface area contributed by atoms with Crippen molar-refractivity contribution in [1.29, 1.82) is 0 Å². The SMILES string of the molecule is O=C(O)c1ccc(C2=NC(=Cc3c(O)n(CCc4ccc(O)cc4)c(=S)[nH]c3=O)C=C2)cc1O. The summed E-state index contributed by atoms with van der Waals surface area (Å²) >= 11 is 5.21. The highest BCUT2D eigenvalue weighted by Crippen LogP contribution is 2.24. The van der Waals surface area contributed by atoms with Gasteiger partial charge < -0.3 is 20.4 Å². The summed E-state index contributed by atoms with van der Waals surface area (Å²) in [5, 5.41) is 39.1. The lowest BCUT2D eigenvalue weighted by atomic mass is 10.1. The number of nitrogens with one attached hydrogen (secondary N) is 1. The Bertz CT molecular complexity index is 1500. The van der Waals surface area contributed by atoms with Gasteiger partial charge in [0, 0.05) is 12.1 Å². The Morgan fingerprint density at radius 3 is 2.50 bits per heavy atom. The highest BCUT2D eigenvalue weighted by atomic mass is 32.1. The topological polar surface area (TPSA) is 148 Å². The third-order valence-electron chi connectivity index (χ3n) is 5.24. The molecule has 0 aliphatic carbocycles. The second-order valence-electron chi connectivity index (χ2n) is 7.50. The van der Waals surface area contributed by atoms with Crippen LogP contribution < -0.4 is 5.56 Å². The second-order valence-corrected chi connectivity index (χ2v) is 7.89. The maximum atomic E-state index is 12.5. The van der Waals surface area contributed by atoms with Crippen LogP contribution in [0.1, 0.15) is 27.0 Å². The number of allylic oxidation sites excluding steroid dienone is 2. The molecule has 0 saturated carbocycles. The number of carbonyl (C=O) groups is 1. The second kappa shape index (κ2) is 9.20. The molecule has 4 rings (SSSR count). The average molecular weight is 477 g/mol. The van der Waals surface area contributed by atoms with E-state index in [1.165, 1.54) is 28.8 Å². The summed E-state index contributed by atoms with van der Waals surface area (Å²) in [5.41, 5.74) is 1.42. The van der Waals surface area contributed by atoms with Crippen LogP contribution >= 0.6 is 12.2 Å². The number of benzene rings is 2. The molecule has 1 aromatic heterocycles. The van der Waals surface area contributed by atoms with Crippen LogP contribution in [0.2, 0.25) is 0 Å². The molecule has 1 aliphatic rings. The van der Waals surface area contributed by atoms with E-state index in [0.717, 1.165) is 5.56 Å². The molecule has 0 unspecified atom stereocenters. The predicted molar refractivity (Wildman–Crippen MR) is 128 cm³/mol. The summed E-state index contributed by atoms with van der Waals surface area (Å²) in [5.74, 6) is -1.78. The van der Waals surface area contributed by atoms with Crippen molar-refractivity contribution in [2.75, 3.05) is 0 Å². The van der Waals surface area contributed by atoms with Crippen molar-refractivity contribution < 1.29 is 25.2 Å². The first-order valence-electron chi connectivity index (χ1n) is 10.1. The van der Waals surface area contributed by atoms with E-state index in [4.69, 9.17) is 17.3 Å². The number of carboxylic acid groups (broad SMARTS) is 1. The van der Waals surface area contributed by atoms with E-state index in [2.05, 4.69) is 9.98 Å². The van der Waals surface area contributed by atoms with Crippen LogP contribution in [0, 0.1) is 4.77 Å². The highest BCUT2D eigenvalue weighted by molar-refractivity contribution is 7.71. The Labute approximate surface area is 197 Å². The zero-order chi connectivity index (χ0) is 24.4. The Balaban J connectivity index is 1.63. The van der Waals surface area contributed by atoms with Gasteiger partial charge in [0.15, 0.2) is 4.77 Å². The predicted octanol–water partition coefficient (Wildman–Crippen LogP) is 3.36. The van der Waals surface area contributed by atoms with Crippen molar-refractivity contribution in [3.63, 3.8) is 0 Å². The van der Waals surface area contributed by atoms with E-state index in [0.29, 0.717) is 29.9 Å². The molecule has 5 N–H and O–H groups in total. The van der Waals surface area contributed by atoms with Crippen LogP contribution in [-0.4, -0.2) is 41.7 Å². The van der Waals surface area contributed by atoms with Gasteiger partial charge in [0.1, 0.15) is 22.6 Å². The van der Waals surface area contributed by atoms with Gasteiger partial charge in [-0.15, -0.1) is 0 Å². The van der Waals surface area contributed by atoms with Gasteiger partial charge in [0.05, 0.1) is 11.4 Å². The number of H-pyrrole nitrogens is 1. The number of hydrogen-bond donors (Lipinski definition) is 5. The maximum Gasteiger partial charge on any atom is 0.339 e. The lowest BCUT2D eigenvalue weighted by Gasteiger charge is -2.11. The number of aromatic hydroxyl groups is 3. The summed E-state index contributed by atoms with van der Waals surface area (Å²) in [6.45, 7) is 0.294. The minimum absolute atomic E-state index is 0.0203. The smallest absolute Gasteiger partial charge is 0.339 e. The molecule has 172 valence electrons. The number of aromatic amines is 1. The van der Waals surface area contributed by atoms with E-state index in [9.17, 15) is 24.9 Å². The molecular weight excluding hydrogens is 458 g/mol. The molecule has 2 aromatic carbocycles. The fraction of sp³-hybridized carbons (Fsp3) is 0.0833. The lowest BCUT2D eigenvalue weighted by Crippen LogP contribution is -2.17. The third kappa shape index (κ3) is 4.66. The first-order valence-corrected chi connectivity index (χ1v) is 10.5. The minimum Gasteiger partial charge on any atom is -0.508 e. The van der Waals surface area contributed by atoms with Crippen molar-refractivity contribution in [3.8, 4) is 17.4 Å². The number of nitrogens with zero attached hydrogens (tertiary/aromatic N) is 2. The Hall–Kier alpha value is -4.44. The van der Waals surface area contributed by atoms with Gasteiger partial charge in [-0.05, 0) is 66.7 Å². The first kappa shape index (κ1) is 22.7. The summed E-state index contributed by atoms with van der Waals surface area (Å²) in [6.07, 6.45) is 5.18. The summed E-state index contributed by atoms with van der Waals surface area (Å²) < 4.78 is 1.48. The van der Waals surface area contributed by atoms with Crippen LogP contribution in [0.4, 0.5) is 0 Å². The van der Waals surface area contributed by atoms with Gasteiger partial charge in [0.25, 0.3) is 5.56 Å². The van der Waals surface area contributed by atoms with E-state index in [1.807, 2.05) is 0 Å². The fourth-order valence-electron chi connectivity index (χ4n) is 3.45. The summed E-state index contributed by atoms with van der Waals surface area (Å²) in [6, 6.07) is 10.7. The Kier molecular flexibility index (Phi) is 6.15. The average Bonchev–Trinajstić information content (AvgIpc) is 3.26. The number of phenolic OH excluding ortho intramolecular Hbond substituents is 1. The van der Waals surface area contributed by atoms with Crippen molar-refractivity contribution in [2.24, 2.45) is 4.99 Å². The minimum atomic E-state index is -1.24. The molecule has 0 bridgehead atoms. The highest BCUT2D eigenvalue weighted by Gasteiger charge is 2.16. The van der Waals surface area contributed by atoms with Gasteiger partial charge in [-0.1, -0.05) is 18.2 Å². The quantitative estimate of drug-likeness (QED) is 0.342. The molecule has 0 fully saturated rings. The van der Waals surface area contributed by atoms with Crippen LogP contribution in [-0.2, 0) is 13.0 Å². The largest absolute Gasteiger partial charge is 0.508 e. The van der Waals surface area contributed by atoms with Crippen molar-refractivity contribution in [3.05, 3.63) is 97.7 Å². The summed E-state index contributed by atoms with van der Waals surface area (Å²) in [7, 11) is 0. The van der Waals surface area contributed by atoms with E-state index in [1.54, 1.807) is 36.4 Å². The fourth-order valence-corrected chi connectivity index (χ4v) is 3.73. The lowest BCUT2D eigenvalue weighted by molar-refractivity contribution is 0.0693. The van der Waals surface area contributed by atoms with Gasteiger partial charge in [-0.3, -0.25) is 14.3 Å². The zero-order valence-electron chi connectivity index (χ0n) is 17.6. The van der Waals surface area contributed by atoms with Crippen LogP contribution in [0.15, 0.2) is 70.1 Å². The van der Waals surface area contributed by atoms with Crippen LogP contribution in [0.25, 0.3) is 6.08 Å². The molecule has 0 atom stereocenters. The molecule has 2 heterocycles. The molecule has 9 nitrogen and oxygen atoms in total. The zero-order valence-corrected chi connectivity index (χ0v) is 18.4. The standard InChI is InChI=1S/C24H19N3O6S/c28-16-5-1-13(2-6-16)9-10-27-22(31)18(21(30)26-24(27)34)12-15-4-8-19(25-15)14-3-7-17(23(32)33)20(29)11-14/h1-8,11-12,28-29,31H,9-10H2,(H,32,33)(H,26,30,34). The van der Waals surface area contributed by atoms with E-state index < -0.39 is 11.5 Å². The van der Waals surface area contributed by atoms with Crippen LogP contribution in [0.5, 0.6) is 17.4 Å². The van der Waals surface area contributed by atoms with E-state index in [-0.39, 0.29) is 33.3 Å². The number of aryl methyl sites for hydroxylation is 1. The third-order valence-corrected chi connectivity index (χ3v) is 5.57. The number of rotatable bonds is 6. The van der Waals surface area contributed by atoms with Gasteiger partial charge in [-0.25, -0.2) is 9.79 Å². The molecule has 0 radical (unpaired) electrons. The van der Waals surface area contributed by atoms with E-state index >= 15 is 0 Å². The molecule has 0 spiro atoms. The Morgan fingerprint density at radius 2 is 1.82 bits per heavy atom.